The molecule has 0 amide bonds. The predicted molar refractivity (Wildman–Crippen MR) is 112 cm³/mol. The highest BCUT2D eigenvalue weighted by Crippen LogP contribution is 2.24. The van der Waals surface area contributed by atoms with Crippen molar-refractivity contribution >= 4 is 15.7 Å². The van der Waals surface area contributed by atoms with E-state index in [9.17, 15) is 17.2 Å². The fourth-order valence-electron chi connectivity index (χ4n) is 2.84. The van der Waals surface area contributed by atoms with Crippen molar-refractivity contribution in [2.45, 2.75) is 18.7 Å². The van der Waals surface area contributed by atoms with E-state index in [1.165, 1.54) is 24.3 Å². The maximum absolute atomic E-state index is 13.8. The molecule has 2 aromatic heterocycles. The van der Waals surface area contributed by atoms with Crippen LogP contribution in [0.15, 0.2) is 65.8 Å². The van der Waals surface area contributed by atoms with Crippen molar-refractivity contribution in [1.82, 2.24) is 19.7 Å². The molecule has 4 rings (SSSR count). The third kappa shape index (κ3) is 4.42. The van der Waals surface area contributed by atoms with E-state index in [2.05, 4.69) is 19.9 Å². The molecule has 2 aromatic carbocycles. The van der Waals surface area contributed by atoms with Gasteiger partial charge in [0.05, 0.1) is 5.69 Å². The lowest BCUT2D eigenvalue weighted by molar-refractivity contribution is 0.454. The number of rotatable bonds is 6. The van der Waals surface area contributed by atoms with Gasteiger partial charge in [0, 0.05) is 23.5 Å². The topological polar surface area (TPSA) is 99.0 Å². The smallest absolute Gasteiger partial charge is 0.264 e. The molecule has 0 saturated heterocycles. The SMILES string of the molecule is Cc1ncn(-c2ccc(Oc3ccc(NS(=O)(=O)c4ccc(F)cc4F)cc3)nn2)c1C. The highest BCUT2D eigenvalue weighted by Gasteiger charge is 2.19. The Labute approximate surface area is 182 Å². The molecule has 0 bridgehead atoms. The van der Waals surface area contributed by atoms with Crippen molar-refractivity contribution in [3.8, 4) is 17.4 Å². The molecular weight excluding hydrogens is 440 g/mol. The van der Waals surface area contributed by atoms with Gasteiger partial charge in [-0.15, -0.1) is 10.2 Å². The number of hydrogen-bond donors (Lipinski definition) is 1. The fraction of sp³-hybridized carbons (Fsp3) is 0.0952. The van der Waals surface area contributed by atoms with Gasteiger partial charge in [0.25, 0.3) is 10.0 Å². The van der Waals surface area contributed by atoms with Crippen LogP contribution in [0.2, 0.25) is 0 Å². The van der Waals surface area contributed by atoms with Crippen molar-refractivity contribution in [1.29, 1.82) is 0 Å². The molecule has 2 heterocycles. The first-order valence-electron chi connectivity index (χ1n) is 9.33. The summed E-state index contributed by atoms with van der Waals surface area (Å²) in [7, 11) is -4.23. The Kier molecular flexibility index (Phi) is 5.57. The van der Waals surface area contributed by atoms with E-state index in [-0.39, 0.29) is 11.6 Å². The second-order valence-electron chi connectivity index (χ2n) is 6.82. The molecule has 164 valence electrons. The molecule has 32 heavy (non-hydrogen) atoms. The second-order valence-corrected chi connectivity index (χ2v) is 8.47. The highest BCUT2D eigenvalue weighted by atomic mass is 32.2. The number of halogens is 2. The Morgan fingerprint density at radius 2 is 1.72 bits per heavy atom. The minimum absolute atomic E-state index is 0.174. The number of ether oxygens (including phenoxy) is 1. The third-order valence-electron chi connectivity index (χ3n) is 4.64. The van der Waals surface area contributed by atoms with Gasteiger partial charge in [-0.05, 0) is 56.3 Å². The standard InChI is InChI=1S/C21H17F2N5O3S/c1-13-14(2)28(12-24-13)20-9-10-21(26-25-20)31-17-6-4-16(5-7-17)27-32(29,30)19-8-3-15(22)11-18(19)23/h3-12,27H,1-2H3. The first-order valence-corrected chi connectivity index (χ1v) is 10.8. The molecule has 4 aromatic rings. The van der Waals surface area contributed by atoms with Gasteiger partial charge in [-0.1, -0.05) is 0 Å². The Morgan fingerprint density at radius 1 is 0.969 bits per heavy atom. The molecule has 0 atom stereocenters. The summed E-state index contributed by atoms with van der Waals surface area (Å²) in [4.78, 5) is 3.57. The molecule has 0 aliphatic heterocycles. The summed E-state index contributed by atoms with van der Waals surface area (Å²) in [5.41, 5.74) is 2.02. The number of imidazole rings is 1. The molecule has 1 N–H and O–H groups in total. The van der Waals surface area contributed by atoms with Crippen molar-refractivity contribution in [2.24, 2.45) is 0 Å². The Hall–Kier alpha value is -3.86. The summed E-state index contributed by atoms with van der Waals surface area (Å²) in [5, 5.41) is 8.16. The number of aryl methyl sites for hydroxylation is 1. The molecule has 0 unspecified atom stereocenters. The maximum Gasteiger partial charge on any atom is 0.264 e. The van der Waals surface area contributed by atoms with E-state index in [0.717, 1.165) is 23.5 Å². The number of nitrogens with one attached hydrogen (secondary N) is 1. The van der Waals surface area contributed by atoms with Gasteiger partial charge in [0.1, 0.15) is 28.6 Å². The lowest BCUT2D eigenvalue weighted by Crippen LogP contribution is -2.14. The lowest BCUT2D eigenvalue weighted by Gasteiger charge is -2.10. The molecule has 11 heteroatoms. The summed E-state index contributed by atoms with van der Waals surface area (Å²) in [6.07, 6.45) is 1.66. The largest absolute Gasteiger partial charge is 0.438 e. The van der Waals surface area contributed by atoms with Crippen LogP contribution in [0.1, 0.15) is 11.4 Å². The van der Waals surface area contributed by atoms with Crippen LogP contribution in [-0.4, -0.2) is 28.2 Å². The van der Waals surface area contributed by atoms with Gasteiger partial charge in [0.2, 0.25) is 5.88 Å². The average Bonchev–Trinajstić information content (AvgIpc) is 3.08. The number of aromatic nitrogens is 4. The zero-order chi connectivity index (χ0) is 22.9. The van der Waals surface area contributed by atoms with Gasteiger partial charge in [0.15, 0.2) is 5.82 Å². The van der Waals surface area contributed by atoms with Crippen LogP contribution in [0.5, 0.6) is 11.6 Å². The molecular formula is C21H17F2N5O3S. The molecule has 0 spiro atoms. The minimum Gasteiger partial charge on any atom is -0.438 e. The quantitative estimate of drug-likeness (QED) is 0.467. The predicted octanol–water partition coefficient (Wildman–Crippen LogP) is 4.15. The fourth-order valence-corrected chi connectivity index (χ4v) is 3.96. The number of nitrogens with zero attached hydrogens (tertiary/aromatic N) is 4. The van der Waals surface area contributed by atoms with Crippen molar-refractivity contribution in [3.05, 3.63) is 83.9 Å². The van der Waals surface area contributed by atoms with E-state index < -0.39 is 26.6 Å². The Balaban J connectivity index is 1.45. The van der Waals surface area contributed by atoms with E-state index >= 15 is 0 Å². The highest BCUT2D eigenvalue weighted by molar-refractivity contribution is 7.92. The summed E-state index contributed by atoms with van der Waals surface area (Å²) in [6, 6.07) is 11.5. The zero-order valence-corrected chi connectivity index (χ0v) is 17.8. The number of anilines is 1. The molecule has 0 aliphatic rings. The van der Waals surface area contributed by atoms with Gasteiger partial charge in [-0.3, -0.25) is 9.29 Å². The van der Waals surface area contributed by atoms with Crippen LogP contribution in [0.4, 0.5) is 14.5 Å². The van der Waals surface area contributed by atoms with Crippen molar-refractivity contribution in [2.75, 3.05) is 4.72 Å². The zero-order valence-electron chi connectivity index (χ0n) is 17.0. The summed E-state index contributed by atoms with van der Waals surface area (Å²) in [5.74, 6) is -0.828. The van der Waals surface area contributed by atoms with E-state index in [4.69, 9.17) is 4.74 Å². The first-order chi connectivity index (χ1) is 15.2. The molecule has 0 fully saturated rings. The van der Waals surface area contributed by atoms with E-state index in [0.29, 0.717) is 17.6 Å². The number of hydrogen-bond acceptors (Lipinski definition) is 6. The summed E-state index contributed by atoms with van der Waals surface area (Å²) >= 11 is 0. The monoisotopic (exact) mass is 457 g/mol. The van der Waals surface area contributed by atoms with Crippen LogP contribution in [0.3, 0.4) is 0 Å². The van der Waals surface area contributed by atoms with Crippen molar-refractivity contribution < 1.29 is 21.9 Å². The third-order valence-corrected chi connectivity index (χ3v) is 6.05. The summed E-state index contributed by atoms with van der Waals surface area (Å²) < 4.78 is 61.2. The first kappa shape index (κ1) is 21.4. The lowest BCUT2D eigenvalue weighted by atomic mass is 10.3. The normalized spacial score (nSPS) is 11.4. The Morgan fingerprint density at radius 3 is 2.31 bits per heavy atom. The van der Waals surface area contributed by atoms with Crippen LogP contribution < -0.4 is 9.46 Å². The number of sulfonamides is 1. The Bertz CT molecular complexity index is 1370. The molecule has 0 saturated carbocycles. The number of benzene rings is 2. The van der Waals surface area contributed by atoms with Crippen LogP contribution in [-0.2, 0) is 10.0 Å². The average molecular weight is 457 g/mol. The van der Waals surface area contributed by atoms with E-state index in [1.807, 2.05) is 13.8 Å². The minimum atomic E-state index is -4.23. The van der Waals surface area contributed by atoms with Gasteiger partial charge >= 0.3 is 0 Å². The summed E-state index contributed by atoms with van der Waals surface area (Å²) in [6.45, 7) is 3.82. The van der Waals surface area contributed by atoms with E-state index in [1.54, 1.807) is 23.0 Å². The molecule has 0 aliphatic carbocycles. The van der Waals surface area contributed by atoms with Crippen LogP contribution in [0, 0.1) is 25.5 Å². The molecule has 0 radical (unpaired) electrons. The van der Waals surface area contributed by atoms with Crippen molar-refractivity contribution in [3.63, 3.8) is 0 Å². The van der Waals surface area contributed by atoms with Gasteiger partial charge < -0.3 is 4.74 Å². The maximum atomic E-state index is 13.8. The second kappa shape index (κ2) is 8.35. The molecule has 8 nitrogen and oxygen atoms in total. The van der Waals surface area contributed by atoms with Gasteiger partial charge in [-0.2, -0.15) is 0 Å². The van der Waals surface area contributed by atoms with Crippen LogP contribution in [0.25, 0.3) is 5.82 Å². The van der Waals surface area contributed by atoms with Crippen LogP contribution >= 0.6 is 0 Å². The van der Waals surface area contributed by atoms with Gasteiger partial charge in [-0.25, -0.2) is 22.2 Å².